The summed E-state index contributed by atoms with van der Waals surface area (Å²) in [5.74, 6) is -1.74. The van der Waals surface area contributed by atoms with E-state index >= 15 is 0 Å². The topological polar surface area (TPSA) is 120 Å². The van der Waals surface area contributed by atoms with Gasteiger partial charge in [-0.25, -0.2) is 4.79 Å². The average Bonchev–Trinajstić information content (AvgIpc) is 2.89. The second kappa shape index (κ2) is 5.94. The van der Waals surface area contributed by atoms with E-state index in [9.17, 15) is 19.8 Å². The van der Waals surface area contributed by atoms with E-state index in [0.717, 1.165) is 0 Å². The van der Waals surface area contributed by atoms with Crippen LogP contribution in [0.1, 0.15) is 28.4 Å². The summed E-state index contributed by atoms with van der Waals surface area (Å²) in [6.07, 6.45) is -1.64. The Kier molecular flexibility index (Phi) is 4.25. The number of aliphatic hydroxyl groups excluding tert-OH is 2. The maximum atomic E-state index is 11.1. The number of rotatable bonds is 5. The molecule has 0 aliphatic heterocycles. The lowest BCUT2D eigenvalue weighted by Crippen LogP contribution is -2.22. The predicted octanol–water partition coefficient (Wildman–Crippen LogP) is 0.824. The third-order valence-electron chi connectivity index (χ3n) is 3.25. The summed E-state index contributed by atoms with van der Waals surface area (Å²) in [5.41, 5.74) is 0.994. The summed E-state index contributed by atoms with van der Waals surface area (Å²) in [6, 6.07) is 4.63. The minimum atomic E-state index is -1.33. The fourth-order valence-corrected chi connectivity index (χ4v) is 2.09. The first-order valence-corrected chi connectivity index (χ1v) is 6.21. The first-order valence-electron chi connectivity index (χ1n) is 6.21. The van der Waals surface area contributed by atoms with Gasteiger partial charge in [-0.15, -0.1) is 0 Å². The third kappa shape index (κ3) is 3.04. The van der Waals surface area contributed by atoms with Crippen LogP contribution in [0.2, 0.25) is 0 Å². The molecule has 21 heavy (non-hydrogen) atoms. The van der Waals surface area contributed by atoms with E-state index < -0.39 is 24.1 Å². The zero-order valence-corrected chi connectivity index (χ0v) is 11.2. The number of fused-ring (bicyclic) bond motifs is 1. The van der Waals surface area contributed by atoms with E-state index in [0.29, 0.717) is 16.5 Å². The quantitative estimate of drug-likeness (QED) is 0.606. The number of carboxylic acids is 1. The average molecular weight is 293 g/mol. The Bertz CT molecular complexity index is 677. The van der Waals surface area contributed by atoms with E-state index in [1.54, 1.807) is 12.1 Å². The van der Waals surface area contributed by atoms with Crippen LogP contribution in [-0.4, -0.2) is 45.5 Å². The molecule has 7 heteroatoms. The van der Waals surface area contributed by atoms with Crippen molar-refractivity contribution >= 4 is 22.8 Å². The monoisotopic (exact) mass is 293 g/mol. The lowest BCUT2D eigenvalue weighted by molar-refractivity contribution is -0.144. The number of aromatic amines is 1. The van der Waals surface area contributed by atoms with Crippen molar-refractivity contribution < 1.29 is 29.6 Å². The van der Waals surface area contributed by atoms with Crippen LogP contribution < -0.4 is 0 Å². The molecule has 1 heterocycles. The van der Waals surface area contributed by atoms with Crippen LogP contribution in [0, 0.1) is 0 Å². The number of carbonyl (C=O) groups is 2. The van der Waals surface area contributed by atoms with Crippen molar-refractivity contribution in [2.45, 2.75) is 18.6 Å². The van der Waals surface area contributed by atoms with Crippen LogP contribution in [0.4, 0.5) is 0 Å². The van der Waals surface area contributed by atoms with Crippen LogP contribution in [-0.2, 0) is 9.53 Å². The molecule has 0 saturated carbocycles. The van der Waals surface area contributed by atoms with Crippen molar-refractivity contribution in [1.82, 2.24) is 4.98 Å². The number of H-pyrrole nitrogens is 1. The minimum Gasteiger partial charge on any atom is -0.478 e. The van der Waals surface area contributed by atoms with E-state index in [1.807, 2.05) is 0 Å². The van der Waals surface area contributed by atoms with Gasteiger partial charge >= 0.3 is 11.9 Å². The number of aliphatic hydroxyl groups is 2. The van der Waals surface area contributed by atoms with Crippen molar-refractivity contribution in [3.05, 3.63) is 35.5 Å². The van der Waals surface area contributed by atoms with Crippen molar-refractivity contribution in [3.63, 3.8) is 0 Å². The Morgan fingerprint density at radius 1 is 1.33 bits per heavy atom. The van der Waals surface area contributed by atoms with Gasteiger partial charge in [0.1, 0.15) is 6.10 Å². The second-order valence-electron chi connectivity index (χ2n) is 4.60. The van der Waals surface area contributed by atoms with Crippen molar-refractivity contribution in [3.8, 4) is 0 Å². The Labute approximate surface area is 119 Å². The molecule has 0 aliphatic carbocycles. The molecule has 2 unspecified atom stereocenters. The second-order valence-corrected chi connectivity index (χ2v) is 4.60. The molecule has 1 aromatic carbocycles. The first-order chi connectivity index (χ1) is 9.93. The normalized spacial score (nSPS) is 13.9. The molecule has 4 N–H and O–H groups in total. The van der Waals surface area contributed by atoms with Gasteiger partial charge in [0.05, 0.1) is 25.2 Å². The number of ether oxygens (including phenoxy) is 1. The number of nitrogens with one attached hydrogen (secondary N) is 1. The van der Waals surface area contributed by atoms with Crippen LogP contribution in [0.25, 0.3) is 10.9 Å². The predicted molar refractivity (Wildman–Crippen MR) is 72.9 cm³/mol. The van der Waals surface area contributed by atoms with E-state index in [4.69, 9.17) is 5.11 Å². The molecule has 0 radical (unpaired) electrons. The molecule has 0 amide bonds. The maximum Gasteiger partial charge on any atom is 0.337 e. The van der Waals surface area contributed by atoms with Gasteiger partial charge in [-0.05, 0) is 17.7 Å². The van der Waals surface area contributed by atoms with E-state index in [2.05, 4.69) is 9.72 Å². The van der Waals surface area contributed by atoms with Crippen molar-refractivity contribution in [1.29, 1.82) is 0 Å². The van der Waals surface area contributed by atoms with Gasteiger partial charge in [-0.3, -0.25) is 4.79 Å². The zero-order valence-electron chi connectivity index (χ0n) is 11.2. The van der Waals surface area contributed by atoms with Crippen LogP contribution in [0.5, 0.6) is 0 Å². The summed E-state index contributed by atoms with van der Waals surface area (Å²) in [4.78, 5) is 25.0. The van der Waals surface area contributed by atoms with Gasteiger partial charge in [-0.1, -0.05) is 6.07 Å². The summed E-state index contributed by atoms with van der Waals surface area (Å²) in [6.45, 7) is 0. The number of carbonyl (C=O) groups excluding carboxylic acids is 1. The Morgan fingerprint density at radius 3 is 2.67 bits per heavy atom. The number of methoxy groups -OCH3 is 1. The Balaban J connectivity index is 2.31. The summed E-state index contributed by atoms with van der Waals surface area (Å²) in [7, 11) is 1.19. The molecule has 2 rings (SSSR count). The highest BCUT2D eigenvalue weighted by molar-refractivity contribution is 6.03. The minimum absolute atomic E-state index is 0.0708. The number of aromatic nitrogens is 1. The molecule has 0 spiro atoms. The highest BCUT2D eigenvalue weighted by Gasteiger charge is 2.23. The van der Waals surface area contributed by atoms with Gasteiger partial charge in [0.2, 0.25) is 0 Å². The highest BCUT2D eigenvalue weighted by atomic mass is 16.5. The van der Waals surface area contributed by atoms with Crippen molar-refractivity contribution in [2.24, 2.45) is 0 Å². The number of aromatic carboxylic acids is 1. The van der Waals surface area contributed by atoms with Crippen LogP contribution >= 0.6 is 0 Å². The number of hydrogen-bond donors (Lipinski definition) is 4. The van der Waals surface area contributed by atoms with Gasteiger partial charge in [-0.2, -0.15) is 0 Å². The van der Waals surface area contributed by atoms with Crippen LogP contribution in [0.3, 0.4) is 0 Å². The van der Waals surface area contributed by atoms with Gasteiger partial charge < -0.3 is 25.0 Å². The molecular weight excluding hydrogens is 278 g/mol. The Hall–Kier alpha value is -2.38. The van der Waals surface area contributed by atoms with Crippen LogP contribution in [0.15, 0.2) is 24.4 Å². The molecule has 7 nitrogen and oxygen atoms in total. The summed E-state index contributed by atoms with van der Waals surface area (Å²) >= 11 is 0. The molecule has 0 aliphatic rings. The zero-order chi connectivity index (χ0) is 15.6. The molecule has 1 aromatic heterocycles. The summed E-state index contributed by atoms with van der Waals surface area (Å²) in [5, 5.41) is 29.3. The van der Waals surface area contributed by atoms with Gasteiger partial charge in [0.15, 0.2) is 0 Å². The number of benzene rings is 1. The fourth-order valence-electron chi connectivity index (χ4n) is 2.09. The lowest BCUT2D eigenvalue weighted by atomic mass is 10.00. The smallest absolute Gasteiger partial charge is 0.337 e. The fraction of sp³-hybridized carbons (Fsp3) is 0.286. The number of hydrogen-bond acceptors (Lipinski definition) is 5. The summed E-state index contributed by atoms with van der Waals surface area (Å²) < 4.78 is 4.42. The third-order valence-corrected chi connectivity index (χ3v) is 3.25. The Morgan fingerprint density at radius 2 is 2.05 bits per heavy atom. The standard InChI is InChI=1S/C14H15NO6/c1-21-12(17)5-11(16)13(18)7-2-3-10-8(4-7)9(6-15-10)14(19)20/h2-4,6,11,13,15-16,18H,5H2,1H3,(H,19,20). The van der Waals surface area contributed by atoms with E-state index in [-0.39, 0.29) is 12.0 Å². The van der Waals surface area contributed by atoms with Crippen molar-refractivity contribution in [2.75, 3.05) is 7.11 Å². The lowest BCUT2D eigenvalue weighted by Gasteiger charge is -2.17. The molecule has 2 atom stereocenters. The van der Waals surface area contributed by atoms with Gasteiger partial charge in [0, 0.05) is 17.1 Å². The van der Waals surface area contributed by atoms with Gasteiger partial charge in [0.25, 0.3) is 0 Å². The largest absolute Gasteiger partial charge is 0.478 e. The molecule has 0 saturated heterocycles. The van der Waals surface area contributed by atoms with E-state index in [1.165, 1.54) is 19.4 Å². The SMILES string of the molecule is COC(=O)CC(O)C(O)c1ccc2[nH]cc(C(=O)O)c2c1. The molecule has 0 fully saturated rings. The molecular formula is C14H15NO6. The molecule has 112 valence electrons. The number of carboxylic acid groups (broad SMARTS) is 1. The first kappa shape index (κ1) is 15.0. The molecule has 0 bridgehead atoms. The number of esters is 1. The maximum absolute atomic E-state index is 11.1. The highest BCUT2D eigenvalue weighted by Crippen LogP contribution is 2.25. The molecule has 2 aromatic rings.